The van der Waals surface area contributed by atoms with Crippen LogP contribution in [0.2, 0.25) is 0 Å². The normalized spacial score (nSPS) is 14.5. The van der Waals surface area contributed by atoms with E-state index < -0.39 is 0 Å². The maximum atomic E-state index is 12.6. The van der Waals surface area contributed by atoms with Crippen molar-refractivity contribution in [1.29, 1.82) is 0 Å². The van der Waals surface area contributed by atoms with Crippen molar-refractivity contribution >= 4 is 22.8 Å². The summed E-state index contributed by atoms with van der Waals surface area (Å²) in [6, 6.07) is 10.7. The van der Waals surface area contributed by atoms with E-state index in [0.29, 0.717) is 37.4 Å². The first-order chi connectivity index (χ1) is 13.1. The summed E-state index contributed by atoms with van der Waals surface area (Å²) in [5, 5.41) is 0. The maximum absolute atomic E-state index is 12.6. The second-order valence-electron chi connectivity index (χ2n) is 6.52. The average Bonchev–Trinajstić information content (AvgIpc) is 3.07. The topological polar surface area (TPSA) is 102 Å². The van der Waals surface area contributed by atoms with Crippen molar-refractivity contribution in [2.24, 2.45) is 0 Å². The van der Waals surface area contributed by atoms with Gasteiger partial charge in [0.1, 0.15) is 5.69 Å². The Hall–Kier alpha value is -3.42. The Balaban J connectivity index is 1.36. The van der Waals surface area contributed by atoms with E-state index in [4.69, 9.17) is 0 Å². The second kappa shape index (κ2) is 7.06. The smallest absolute Gasteiger partial charge is 0.323 e. The summed E-state index contributed by atoms with van der Waals surface area (Å²) in [6.45, 7) is 1.98. The SMILES string of the molecule is O=C(Cc1ccc2[nH]c(=O)[nH]c2c1)N1CCN(C(=O)c2ccccn2)CC1. The van der Waals surface area contributed by atoms with Crippen LogP contribution in [0.4, 0.5) is 0 Å². The summed E-state index contributed by atoms with van der Waals surface area (Å²) in [6.07, 6.45) is 1.86. The van der Waals surface area contributed by atoms with Crippen molar-refractivity contribution in [3.8, 4) is 0 Å². The maximum Gasteiger partial charge on any atom is 0.323 e. The van der Waals surface area contributed by atoms with Gasteiger partial charge in [0, 0.05) is 32.4 Å². The average molecular weight is 365 g/mol. The molecule has 2 N–H and O–H groups in total. The molecule has 0 atom stereocenters. The fourth-order valence-electron chi connectivity index (χ4n) is 3.29. The summed E-state index contributed by atoms with van der Waals surface area (Å²) in [5.41, 5.74) is 2.41. The first-order valence-corrected chi connectivity index (χ1v) is 8.79. The van der Waals surface area contributed by atoms with E-state index in [2.05, 4.69) is 15.0 Å². The molecule has 1 fully saturated rings. The molecule has 3 heterocycles. The van der Waals surface area contributed by atoms with Gasteiger partial charge in [-0.15, -0.1) is 0 Å². The van der Waals surface area contributed by atoms with Crippen molar-refractivity contribution in [3.63, 3.8) is 0 Å². The molecule has 8 heteroatoms. The minimum atomic E-state index is -0.262. The van der Waals surface area contributed by atoms with Crippen LogP contribution < -0.4 is 5.69 Å². The predicted molar refractivity (Wildman–Crippen MR) is 99.3 cm³/mol. The van der Waals surface area contributed by atoms with Crippen LogP contribution >= 0.6 is 0 Å². The van der Waals surface area contributed by atoms with E-state index in [0.717, 1.165) is 11.1 Å². The van der Waals surface area contributed by atoms with Gasteiger partial charge >= 0.3 is 5.69 Å². The molecule has 4 rings (SSSR count). The number of carbonyl (C=O) groups excluding carboxylic acids is 2. The molecule has 27 heavy (non-hydrogen) atoms. The van der Waals surface area contributed by atoms with Gasteiger partial charge in [-0.2, -0.15) is 0 Å². The number of aromatic amines is 2. The molecule has 1 aromatic carbocycles. The van der Waals surface area contributed by atoms with E-state index in [1.165, 1.54) is 0 Å². The lowest BCUT2D eigenvalue weighted by molar-refractivity contribution is -0.131. The van der Waals surface area contributed by atoms with Gasteiger partial charge in [0.05, 0.1) is 17.5 Å². The molecule has 1 aliphatic rings. The molecule has 0 spiro atoms. The van der Waals surface area contributed by atoms with Crippen LogP contribution in [0.5, 0.6) is 0 Å². The second-order valence-corrected chi connectivity index (χ2v) is 6.52. The standard InChI is InChI=1S/C19H19N5O3/c25-17(12-13-4-5-14-16(11-13)22-19(27)21-14)23-7-9-24(10-8-23)18(26)15-3-1-2-6-20-15/h1-6,11H,7-10,12H2,(H2,21,22,27). The molecular formula is C19H19N5O3. The van der Waals surface area contributed by atoms with Crippen molar-refractivity contribution in [3.05, 3.63) is 64.3 Å². The number of pyridine rings is 1. The molecule has 0 bridgehead atoms. The number of amides is 2. The fraction of sp³-hybridized carbons (Fsp3) is 0.263. The third-order valence-corrected chi connectivity index (χ3v) is 4.74. The lowest BCUT2D eigenvalue weighted by atomic mass is 10.1. The minimum absolute atomic E-state index is 0.0113. The van der Waals surface area contributed by atoms with E-state index in [1.807, 2.05) is 12.1 Å². The quantitative estimate of drug-likeness (QED) is 0.716. The number of H-pyrrole nitrogens is 2. The Bertz CT molecular complexity index is 1030. The molecule has 1 aliphatic heterocycles. The lowest BCUT2D eigenvalue weighted by Crippen LogP contribution is -2.51. The van der Waals surface area contributed by atoms with Crippen molar-refractivity contribution in [2.45, 2.75) is 6.42 Å². The largest absolute Gasteiger partial charge is 0.339 e. The van der Waals surface area contributed by atoms with Crippen LogP contribution in [0, 0.1) is 0 Å². The first kappa shape index (κ1) is 17.0. The van der Waals surface area contributed by atoms with Gasteiger partial charge in [0.15, 0.2) is 0 Å². The molecule has 0 aliphatic carbocycles. The molecule has 0 radical (unpaired) electrons. The molecule has 2 amide bonds. The van der Waals surface area contributed by atoms with Crippen molar-refractivity contribution in [1.82, 2.24) is 24.8 Å². The van der Waals surface area contributed by atoms with Crippen LogP contribution in [-0.2, 0) is 11.2 Å². The summed E-state index contributed by atoms with van der Waals surface area (Å²) in [5.74, 6) is -0.0956. The Morgan fingerprint density at radius 2 is 1.70 bits per heavy atom. The number of carbonyl (C=O) groups is 2. The van der Waals surface area contributed by atoms with Crippen LogP contribution in [0.3, 0.4) is 0 Å². The Morgan fingerprint density at radius 1 is 0.963 bits per heavy atom. The highest BCUT2D eigenvalue weighted by molar-refractivity contribution is 5.92. The van der Waals surface area contributed by atoms with Crippen LogP contribution in [-0.4, -0.2) is 62.7 Å². The van der Waals surface area contributed by atoms with Crippen LogP contribution in [0.1, 0.15) is 16.1 Å². The molecule has 0 unspecified atom stereocenters. The zero-order valence-electron chi connectivity index (χ0n) is 14.6. The third kappa shape index (κ3) is 3.59. The van der Waals surface area contributed by atoms with E-state index in [-0.39, 0.29) is 23.9 Å². The van der Waals surface area contributed by atoms with Gasteiger partial charge in [0.25, 0.3) is 5.91 Å². The molecule has 8 nitrogen and oxygen atoms in total. The van der Waals surface area contributed by atoms with Crippen molar-refractivity contribution in [2.75, 3.05) is 26.2 Å². The highest BCUT2D eigenvalue weighted by atomic mass is 16.2. The number of imidazole rings is 1. The number of rotatable bonds is 3. The monoisotopic (exact) mass is 365 g/mol. The number of hydrogen-bond donors (Lipinski definition) is 2. The fourth-order valence-corrected chi connectivity index (χ4v) is 3.29. The van der Waals surface area contributed by atoms with Crippen LogP contribution in [0.15, 0.2) is 47.4 Å². The molecule has 1 saturated heterocycles. The minimum Gasteiger partial charge on any atom is -0.339 e. The summed E-state index contributed by atoms with van der Waals surface area (Å²) < 4.78 is 0. The molecular weight excluding hydrogens is 346 g/mol. The number of fused-ring (bicyclic) bond motifs is 1. The van der Waals surface area contributed by atoms with Crippen LogP contribution in [0.25, 0.3) is 11.0 Å². The molecule has 2 aromatic heterocycles. The Labute approximate surface area is 154 Å². The number of nitrogens with one attached hydrogen (secondary N) is 2. The molecule has 0 saturated carbocycles. The van der Waals surface area contributed by atoms with E-state index >= 15 is 0 Å². The van der Waals surface area contributed by atoms with Gasteiger partial charge in [-0.1, -0.05) is 12.1 Å². The Kier molecular flexibility index (Phi) is 4.45. The number of piperazine rings is 1. The lowest BCUT2D eigenvalue weighted by Gasteiger charge is -2.34. The van der Waals surface area contributed by atoms with Gasteiger partial charge in [-0.25, -0.2) is 4.79 Å². The highest BCUT2D eigenvalue weighted by Crippen LogP contribution is 2.13. The van der Waals surface area contributed by atoms with Crippen molar-refractivity contribution < 1.29 is 9.59 Å². The predicted octanol–water partition coefficient (Wildman–Crippen LogP) is 0.778. The number of benzene rings is 1. The Morgan fingerprint density at radius 3 is 2.44 bits per heavy atom. The highest BCUT2D eigenvalue weighted by Gasteiger charge is 2.25. The van der Waals surface area contributed by atoms with E-state index in [1.54, 1.807) is 40.3 Å². The third-order valence-electron chi connectivity index (χ3n) is 4.74. The zero-order valence-corrected chi connectivity index (χ0v) is 14.6. The zero-order chi connectivity index (χ0) is 18.8. The summed E-state index contributed by atoms with van der Waals surface area (Å²) >= 11 is 0. The van der Waals surface area contributed by atoms with Gasteiger partial charge in [-0.05, 0) is 29.8 Å². The number of aromatic nitrogens is 3. The number of hydrogen-bond acceptors (Lipinski definition) is 4. The van der Waals surface area contributed by atoms with E-state index in [9.17, 15) is 14.4 Å². The van der Waals surface area contributed by atoms with Gasteiger partial charge in [-0.3, -0.25) is 14.6 Å². The molecule has 138 valence electrons. The first-order valence-electron chi connectivity index (χ1n) is 8.79. The summed E-state index contributed by atoms with van der Waals surface area (Å²) in [4.78, 5) is 49.3. The van der Waals surface area contributed by atoms with Gasteiger partial charge in [0.2, 0.25) is 5.91 Å². The van der Waals surface area contributed by atoms with Gasteiger partial charge < -0.3 is 19.8 Å². The number of nitrogens with zero attached hydrogens (tertiary/aromatic N) is 3. The summed E-state index contributed by atoms with van der Waals surface area (Å²) in [7, 11) is 0. The molecule has 3 aromatic rings.